The van der Waals surface area contributed by atoms with E-state index in [2.05, 4.69) is 4.72 Å². The number of nitrogens with one attached hydrogen (secondary N) is 1. The minimum atomic E-state index is -3.92. The predicted octanol–water partition coefficient (Wildman–Crippen LogP) is 2.86. The first-order valence-electron chi connectivity index (χ1n) is 7.73. The SMILES string of the molecule is COc1ccc2oc(-c3ccc(S(=O)(=O)N[C@H](C)C(=O)O)cc3)cc2c1. The van der Waals surface area contributed by atoms with Gasteiger partial charge in [-0.3, -0.25) is 4.79 Å². The fourth-order valence-electron chi connectivity index (χ4n) is 2.44. The number of rotatable bonds is 6. The number of hydrogen-bond acceptors (Lipinski definition) is 5. The van der Waals surface area contributed by atoms with Gasteiger partial charge < -0.3 is 14.3 Å². The Morgan fingerprint density at radius 2 is 1.85 bits per heavy atom. The van der Waals surface area contributed by atoms with E-state index < -0.39 is 22.0 Å². The number of hydrogen-bond donors (Lipinski definition) is 2. The Bertz CT molecular complexity index is 1050. The normalized spacial score (nSPS) is 12.8. The van der Waals surface area contributed by atoms with E-state index in [0.717, 1.165) is 5.39 Å². The van der Waals surface area contributed by atoms with Gasteiger partial charge in [0.2, 0.25) is 10.0 Å². The number of furan rings is 1. The molecule has 1 heterocycles. The molecule has 3 aromatic rings. The smallest absolute Gasteiger partial charge is 0.321 e. The van der Waals surface area contributed by atoms with Crippen molar-refractivity contribution in [2.45, 2.75) is 17.9 Å². The summed E-state index contributed by atoms with van der Waals surface area (Å²) in [5.74, 6) is 0.0527. The molecule has 0 spiro atoms. The molecule has 26 heavy (non-hydrogen) atoms. The maximum absolute atomic E-state index is 12.2. The molecule has 0 amide bonds. The van der Waals surface area contributed by atoms with Gasteiger partial charge in [-0.2, -0.15) is 4.72 Å². The van der Waals surface area contributed by atoms with Crippen LogP contribution in [0, 0.1) is 0 Å². The molecule has 2 aromatic carbocycles. The Hall–Kier alpha value is -2.84. The van der Waals surface area contributed by atoms with Crippen LogP contribution in [0.15, 0.2) is 57.8 Å². The summed E-state index contributed by atoms with van der Waals surface area (Å²) in [5.41, 5.74) is 1.39. The summed E-state index contributed by atoms with van der Waals surface area (Å²) in [4.78, 5) is 10.8. The lowest BCUT2D eigenvalue weighted by Crippen LogP contribution is -2.38. The maximum Gasteiger partial charge on any atom is 0.321 e. The first-order chi connectivity index (χ1) is 12.3. The van der Waals surface area contributed by atoms with E-state index in [1.54, 1.807) is 31.4 Å². The molecule has 3 rings (SSSR count). The second-order valence-corrected chi connectivity index (χ2v) is 7.43. The first-order valence-corrected chi connectivity index (χ1v) is 9.21. The topological polar surface area (TPSA) is 106 Å². The third-order valence-electron chi connectivity index (χ3n) is 3.87. The van der Waals surface area contributed by atoms with Crippen LogP contribution in [-0.2, 0) is 14.8 Å². The van der Waals surface area contributed by atoms with Gasteiger partial charge in [-0.25, -0.2) is 8.42 Å². The molecule has 0 aliphatic heterocycles. The summed E-state index contributed by atoms with van der Waals surface area (Å²) in [6.45, 7) is 1.26. The number of carboxylic acid groups (broad SMARTS) is 1. The van der Waals surface area contributed by atoms with Crippen LogP contribution in [0.3, 0.4) is 0 Å². The first kappa shape index (κ1) is 18.0. The molecule has 7 nitrogen and oxygen atoms in total. The van der Waals surface area contributed by atoms with Gasteiger partial charge >= 0.3 is 5.97 Å². The highest BCUT2D eigenvalue weighted by Gasteiger charge is 2.21. The van der Waals surface area contributed by atoms with Crippen LogP contribution in [-0.4, -0.2) is 32.6 Å². The van der Waals surface area contributed by atoms with Gasteiger partial charge in [-0.1, -0.05) is 0 Å². The van der Waals surface area contributed by atoms with E-state index in [-0.39, 0.29) is 4.90 Å². The number of sulfonamides is 1. The Kier molecular flexibility index (Phi) is 4.71. The summed E-state index contributed by atoms with van der Waals surface area (Å²) in [6.07, 6.45) is 0. The summed E-state index contributed by atoms with van der Waals surface area (Å²) in [6, 6.07) is 12.1. The maximum atomic E-state index is 12.2. The van der Waals surface area contributed by atoms with Crippen LogP contribution in [0.1, 0.15) is 6.92 Å². The standard InChI is InChI=1S/C18H17NO6S/c1-11(18(20)21)19-26(22,23)15-6-3-12(4-7-15)17-10-13-9-14(24-2)5-8-16(13)25-17/h3-11,19H,1-2H3,(H,20,21)/t11-/m1/s1. The van der Waals surface area contributed by atoms with Crippen LogP contribution in [0.5, 0.6) is 5.75 Å². The molecular weight excluding hydrogens is 358 g/mol. The van der Waals surface area contributed by atoms with Gasteiger partial charge in [-0.15, -0.1) is 0 Å². The van der Waals surface area contributed by atoms with Gasteiger partial charge in [0.25, 0.3) is 0 Å². The molecule has 8 heteroatoms. The molecule has 0 saturated carbocycles. The van der Waals surface area contributed by atoms with E-state index in [1.165, 1.54) is 19.1 Å². The molecule has 136 valence electrons. The Morgan fingerprint density at radius 3 is 2.46 bits per heavy atom. The molecule has 0 fully saturated rings. The molecular formula is C18H17NO6S. The van der Waals surface area contributed by atoms with E-state index in [9.17, 15) is 13.2 Å². The highest BCUT2D eigenvalue weighted by atomic mass is 32.2. The van der Waals surface area contributed by atoms with Gasteiger partial charge in [0.15, 0.2) is 0 Å². The number of methoxy groups -OCH3 is 1. The molecule has 1 aromatic heterocycles. The number of carboxylic acids is 1. The average Bonchev–Trinajstić information content (AvgIpc) is 3.04. The molecule has 1 atom stereocenters. The molecule has 0 radical (unpaired) electrons. The zero-order valence-electron chi connectivity index (χ0n) is 14.1. The van der Waals surface area contributed by atoms with Gasteiger partial charge in [0.1, 0.15) is 23.1 Å². The highest BCUT2D eigenvalue weighted by molar-refractivity contribution is 7.89. The number of benzene rings is 2. The van der Waals surface area contributed by atoms with E-state index in [4.69, 9.17) is 14.3 Å². The van der Waals surface area contributed by atoms with Crippen LogP contribution in [0.2, 0.25) is 0 Å². The fourth-order valence-corrected chi connectivity index (χ4v) is 3.64. The number of carbonyl (C=O) groups is 1. The molecule has 0 aliphatic rings. The quantitative estimate of drug-likeness (QED) is 0.686. The summed E-state index contributed by atoms with van der Waals surface area (Å²) < 4.78 is 37.4. The zero-order valence-corrected chi connectivity index (χ0v) is 14.9. The molecule has 0 saturated heterocycles. The number of fused-ring (bicyclic) bond motifs is 1. The third kappa shape index (κ3) is 3.56. The lowest BCUT2D eigenvalue weighted by Gasteiger charge is -2.10. The van der Waals surface area contributed by atoms with Crippen LogP contribution >= 0.6 is 0 Å². The lowest BCUT2D eigenvalue weighted by molar-refractivity contribution is -0.138. The summed E-state index contributed by atoms with van der Waals surface area (Å²) >= 11 is 0. The average molecular weight is 375 g/mol. The lowest BCUT2D eigenvalue weighted by atomic mass is 10.1. The zero-order chi connectivity index (χ0) is 18.9. The summed E-state index contributed by atoms with van der Waals surface area (Å²) in [5, 5.41) is 9.71. The van der Waals surface area contributed by atoms with E-state index >= 15 is 0 Å². The van der Waals surface area contributed by atoms with Gasteiger partial charge in [0, 0.05) is 10.9 Å². The highest BCUT2D eigenvalue weighted by Crippen LogP contribution is 2.30. The van der Waals surface area contributed by atoms with Crippen LogP contribution in [0.25, 0.3) is 22.3 Å². The molecule has 0 unspecified atom stereocenters. The molecule has 2 N–H and O–H groups in total. The van der Waals surface area contributed by atoms with Crippen molar-refractivity contribution in [3.05, 3.63) is 48.5 Å². The molecule has 0 aliphatic carbocycles. The van der Waals surface area contributed by atoms with Crippen LogP contribution in [0.4, 0.5) is 0 Å². The summed E-state index contributed by atoms with van der Waals surface area (Å²) in [7, 11) is -2.33. The van der Waals surface area contributed by atoms with Crippen molar-refractivity contribution in [3.63, 3.8) is 0 Å². The van der Waals surface area contributed by atoms with Crippen molar-refractivity contribution in [2.24, 2.45) is 0 Å². The largest absolute Gasteiger partial charge is 0.497 e. The van der Waals surface area contributed by atoms with Crippen molar-refractivity contribution in [1.82, 2.24) is 4.72 Å². The predicted molar refractivity (Wildman–Crippen MR) is 95.6 cm³/mol. The Labute approximate surface area is 150 Å². The van der Waals surface area contributed by atoms with Gasteiger partial charge in [-0.05, 0) is 55.5 Å². The van der Waals surface area contributed by atoms with E-state index in [1.807, 2.05) is 12.1 Å². The minimum Gasteiger partial charge on any atom is -0.497 e. The third-order valence-corrected chi connectivity index (χ3v) is 5.43. The minimum absolute atomic E-state index is 0.0212. The van der Waals surface area contributed by atoms with Crippen molar-refractivity contribution >= 4 is 27.0 Å². The Balaban J connectivity index is 1.89. The number of aliphatic carboxylic acids is 1. The second kappa shape index (κ2) is 6.81. The van der Waals surface area contributed by atoms with Crippen molar-refractivity contribution < 1.29 is 27.5 Å². The van der Waals surface area contributed by atoms with Crippen molar-refractivity contribution in [3.8, 4) is 17.1 Å². The monoisotopic (exact) mass is 375 g/mol. The number of ether oxygens (including phenoxy) is 1. The molecule has 0 bridgehead atoms. The Morgan fingerprint density at radius 1 is 1.15 bits per heavy atom. The van der Waals surface area contributed by atoms with Gasteiger partial charge in [0.05, 0.1) is 12.0 Å². The van der Waals surface area contributed by atoms with Crippen molar-refractivity contribution in [1.29, 1.82) is 0 Å². The van der Waals surface area contributed by atoms with Crippen LogP contribution < -0.4 is 9.46 Å². The van der Waals surface area contributed by atoms with E-state index in [0.29, 0.717) is 22.7 Å². The second-order valence-electron chi connectivity index (χ2n) is 5.72. The van der Waals surface area contributed by atoms with Crippen molar-refractivity contribution in [2.75, 3.05) is 7.11 Å². The fraction of sp³-hybridized carbons (Fsp3) is 0.167.